The third-order valence-electron chi connectivity index (χ3n) is 3.65. The molecule has 1 aromatic rings. The van der Waals surface area contributed by atoms with Crippen molar-refractivity contribution in [2.75, 3.05) is 11.9 Å². The van der Waals surface area contributed by atoms with Crippen LogP contribution in [-0.4, -0.2) is 18.6 Å². The minimum Gasteiger partial charge on any atom is -0.380 e. The number of benzene rings is 1. The Balaban J connectivity index is 1.89. The summed E-state index contributed by atoms with van der Waals surface area (Å²) in [6, 6.07) is 4.83. The zero-order chi connectivity index (χ0) is 13.7. The van der Waals surface area contributed by atoms with Crippen molar-refractivity contribution in [3.63, 3.8) is 0 Å². The van der Waals surface area contributed by atoms with Gasteiger partial charge in [-0.3, -0.25) is 0 Å². The van der Waals surface area contributed by atoms with E-state index in [9.17, 15) is 8.78 Å². The lowest BCUT2D eigenvalue weighted by Crippen LogP contribution is -2.33. The van der Waals surface area contributed by atoms with Gasteiger partial charge in [0.25, 0.3) is 0 Å². The van der Waals surface area contributed by atoms with E-state index in [1.807, 2.05) is 6.92 Å². The molecule has 2 rings (SSSR count). The highest BCUT2D eigenvalue weighted by Crippen LogP contribution is 2.19. The monoisotopic (exact) mass is 268 g/mol. The fourth-order valence-electron chi connectivity index (χ4n) is 2.67. The number of nitrogens with one attached hydrogen (secondary N) is 2. The summed E-state index contributed by atoms with van der Waals surface area (Å²) in [6.45, 7) is 3.07. The average Bonchev–Trinajstić information content (AvgIpc) is 2.63. The average molecular weight is 268 g/mol. The van der Waals surface area contributed by atoms with Crippen molar-refractivity contribution in [3.8, 4) is 0 Å². The lowest BCUT2D eigenvalue weighted by Gasteiger charge is -2.22. The van der Waals surface area contributed by atoms with Gasteiger partial charge in [0.1, 0.15) is 0 Å². The van der Waals surface area contributed by atoms with E-state index in [0.29, 0.717) is 6.04 Å². The first kappa shape index (κ1) is 14.3. The van der Waals surface area contributed by atoms with Crippen LogP contribution in [0.1, 0.15) is 39.0 Å². The molecule has 2 nitrogen and oxygen atoms in total. The molecule has 0 spiro atoms. The lowest BCUT2D eigenvalue weighted by molar-refractivity contribution is 0.453. The summed E-state index contributed by atoms with van der Waals surface area (Å²) in [5, 5.41) is 6.58. The first-order valence-electron chi connectivity index (χ1n) is 7.10. The Morgan fingerprint density at radius 1 is 1.32 bits per heavy atom. The Kier molecular flexibility index (Phi) is 5.14. The lowest BCUT2D eigenvalue weighted by atomic mass is 10.0. The summed E-state index contributed by atoms with van der Waals surface area (Å²) in [4.78, 5) is 0. The van der Waals surface area contributed by atoms with Crippen LogP contribution >= 0.6 is 0 Å². The van der Waals surface area contributed by atoms with Gasteiger partial charge in [-0.05, 0) is 44.9 Å². The van der Waals surface area contributed by atoms with E-state index in [4.69, 9.17) is 0 Å². The number of anilines is 1. The molecule has 2 atom stereocenters. The predicted octanol–water partition coefficient (Wildman–Crippen LogP) is 3.69. The number of hydrogen-bond donors (Lipinski definition) is 2. The van der Waals surface area contributed by atoms with Crippen molar-refractivity contribution in [2.24, 2.45) is 0 Å². The maximum Gasteiger partial charge on any atom is 0.181 e. The predicted molar refractivity (Wildman–Crippen MR) is 74.3 cm³/mol. The molecule has 0 amide bonds. The van der Waals surface area contributed by atoms with Gasteiger partial charge < -0.3 is 10.6 Å². The van der Waals surface area contributed by atoms with E-state index in [2.05, 4.69) is 10.6 Å². The van der Waals surface area contributed by atoms with E-state index in [1.165, 1.54) is 25.3 Å². The fraction of sp³-hybridized carbons (Fsp3) is 0.600. The summed E-state index contributed by atoms with van der Waals surface area (Å²) in [5.74, 6) is -1.59. The van der Waals surface area contributed by atoms with Crippen LogP contribution in [0.15, 0.2) is 18.2 Å². The third-order valence-corrected chi connectivity index (χ3v) is 3.65. The second-order valence-corrected chi connectivity index (χ2v) is 5.38. The summed E-state index contributed by atoms with van der Waals surface area (Å²) >= 11 is 0. The largest absolute Gasteiger partial charge is 0.380 e. The molecule has 1 aliphatic rings. The Labute approximate surface area is 113 Å². The second-order valence-electron chi connectivity index (χ2n) is 5.38. The molecule has 1 heterocycles. The van der Waals surface area contributed by atoms with Crippen molar-refractivity contribution in [1.29, 1.82) is 0 Å². The smallest absolute Gasteiger partial charge is 0.181 e. The molecular weight excluding hydrogens is 246 g/mol. The van der Waals surface area contributed by atoms with Crippen LogP contribution in [0.3, 0.4) is 0 Å². The molecule has 0 saturated carbocycles. The summed E-state index contributed by atoms with van der Waals surface area (Å²) < 4.78 is 26.7. The van der Waals surface area contributed by atoms with Crippen LogP contribution < -0.4 is 10.6 Å². The van der Waals surface area contributed by atoms with E-state index in [-0.39, 0.29) is 11.7 Å². The molecule has 2 N–H and O–H groups in total. The molecule has 0 aromatic heterocycles. The van der Waals surface area contributed by atoms with Gasteiger partial charge in [-0.25, -0.2) is 8.78 Å². The van der Waals surface area contributed by atoms with Gasteiger partial charge in [0.2, 0.25) is 0 Å². The minimum absolute atomic E-state index is 0.117. The van der Waals surface area contributed by atoms with Gasteiger partial charge in [-0.15, -0.1) is 0 Å². The Hall–Kier alpha value is -1.16. The maximum absolute atomic E-state index is 13.6. The first-order chi connectivity index (χ1) is 9.16. The molecule has 1 aromatic carbocycles. The van der Waals surface area contributed by atoms with Crippen LogP contribution in [0.25, 0.3) is 0 Å². The molecule has 19 heavy (non-hydrogen) atoms. The van der Waals surface area contributed by atoms with Crippen molar-refractivity contribution in [3.05, 3.63) is 29.8 Å². The van der Waals surface area contributed by atoms with E-state index >= 15 is 0 Å². The molecule has 2 unspecified atom stereocenters. The normalized spacial score (nSPS) is 21.7. The van der Waals surface area contributed by atoms with E-state index < -0.39 is 11.6 Å². The number of hydrogen-bond acceptors (Lipinski definition) is 2. The molecule has 106 valence electrons. The fourth-order valence-corrected chi connectivity index (χ4v) is 2.67. The van der Waals surface area contributed by atoms with Crippen molar-refractivity contribution >= 4 is 5.69 Å². The molecule has 0 radical (unpaired) electrons. The molecule has 0 aliphatic carbocycles. The second kappa shape index (κ2) is 6.85. The molecular formula is C15H22F2N2. The van der Waals surface area contributed by atoms with Crippen LogP contribution in [0.4, 0.5) is 14.5 Å². The highest BCUT2D eigenvalue weighted by molar-refractivity contribution is 5.45. The SMILES string of the molecule is CC(CC1CCCCCN1)Nc1cccc(F)c1F. The summed E-state index contributed by atoms with van der Waals surface area (Å²) in [7, 11) is 0. The van der Waals surface area contributed by atoms with Gasteiger partial charge in [0, 0.05) is 12.1 Å². The van der Waals surface area contributed by atoms with Crippen LogP contribution in [0.5, 0.6) is 0 Å². The van der Waals surface area contributed by atoms with Gasteiger partial charge in [-0.1, -0.05) is 18.9 Å². The van der Waals surface area contributed by atoms with Gasteiger partial charge in [-0.2, -0.15) is 0 Å². The van der Waals surface area contributed by atoms with Gasteiger partial charge >= 0.3 is 0 Å². The van der Waals surface area contributed by atoms with Crippen molar-refractivity contribution in [1.82, 2.24) is 5.32 Å². The number of rotatable bonds is 4. The molecule has 1 saturated heterocycles. The molecule has 0 bridgehead atoms. The Morgan fingerprint density at radius 2 is 2.16 bits per heavy atom. The zero-order valence-electron chi connectivity index (χ0n) is 11.4. The number of halogens is 2. The van der Waals surface area contributed by atoms with Crippen molar-refractivity contribution in [2.45, 2.75) is 51.1 Å². The van der Waals surface area contributed by atoms with E-state index in [1.54, 1.807) is 6.07 Å². The minimum atomic E-state index is -0.801. The highest BCUT2D eigenvalue weighted by Gasteiger charge is 2.16. The quantitative estimate of drug-likeness (QED) is 0.870. The molecule has 1 aliphatic heterocycles. The highest BCUT2D eigenvalue weighted by atomic mass is 19.2. The Morgan fingerprint density at radius 3 is 3.00 bits per heavy atom. The van der Waals surface area contributed by atoms with Crippen LogP contribution in [0, 0.1) is 11.6 Å². The van der Waals surface area contributed by atoms with Crippen LogP contribution in [0.2, 0.25) is 0 Å². The maximum atomic E-state index is 13.6. The standard InChI is InChI=1S/C15H22F2N2/c1-11(10-12-6-3-2-4-9-18-12)19-14-8-5-7-13(16)15(14)17/h5,7-8,11-12,18-19H,2-4,6,9-10H2,1H3. The van der Waals surface area contributed by atoms with Crippen molar-refractivity contribution < 1.29 is 8.78 Å². The summed E-state index contributed by atoms with van der Waals surface area (Å²) in [5.41, 5.74) is 0.251. The third kappa shape index (κ3) is 4.16. The van der Waals surface area contributed by atoms with Gasteiger partial charge in [0.05, 0.1) is 5.69 Å². The molecule has 4 heteroatoms. The van der Waals surface area contributed by atoms with Crippen LogP contribution in [-0.2, 0) is 0 Å². The van der Waals surface area contributed by atoms with E-state index in [0.717, 1.165) is 25.5 Å². The van der Waals surface area contributed by atoms with Gasteiger partial charge in [0.15, 0.2) is 11.6 Å². The molecule has 1 fully saturated rings. The Bertz CT molecular complexity index is 401. The zero-order valence-corrected chi connectivity index (χ0v) is 11.4. The first-order valence-corrected chi connectivity index (χ1v) is 7.10. The summed E-state index contributed by atoms with van der Waals surface area (Å²) in [6.07, 6.45) is 5.85. The topological polar surface area (TPSA) is 24.1 Å².